The molecule has 0 aromatic rings. The average Bonchev–Trinajstić information content (AvgIpc) is 2.23. The van der Waals surface area contributed by atoms with Gasteiger partial charge in [-0.25, -0.2) is 12.7 Å². The second-order valence-corrected chi connectivity index (χ2v) is 6.24. The van der Waals surface area contributed by atoms with E-state index in [1.165, 1.54) is 4.31 Å². The summed E-state index contributed by atoms with van der Waals surface area (Å²) in [5.41, 5.74) is 5.59. The Balaban J connectivity index is 0.00000289. The zero-order chi connectivity index (χ0) is 12.9. The molecule has 1 rings (SSSR count). The summed E-state index contributed by atoms with van der Waals surface area (Å²) >= 11 is 0. The van der Waals surface area contributed by atoms with Crippen molar-refractivity contribution in [1.29, 1.82) is 0 Å². The lowest BCUT2D eigenvalue weighted by Gasteiger charge is -2.37. The van der Waals surface area contributed by atoms with E-state index in [0.29, 0.717) is 32.1 Å². The summed E-state index contributed by atoms with van der Waals surface area (Å²) in [5, 5.41) is 2.87. The maximum Gasteiger partial charge on any atom is 0.213 e. The molecule has 1 aliphatic heterocycles. The zero-order valence-electron chi connectivity index (χ0n) is 10.5. The monoisotopic (exact) mass is 388 g/mol. The maximum absolute atomic E-state index is 11.4. The lowest BCUT2D eigenvalue weighted by molar-refractivity contribution is 0.208. The van der Waals surface area contributed by atoms with Crippen LogP contribution in [0.1, 0.15) is 6.92 Å². The Bertz CT molecular complexity index is 391. The van der Waals surface area contributed by atoms with Gasteiger partial charge in [-0.2, -0.15) is 0 Å². The molecule has 0 aromatic heterocycles. The molecule has 1 saturated heterocycles. The molecule has 0 spiro atoms. The van der Waals surface area contributed by atoms with E-state index in [1.54, 1.807) is 13.0 Å². The number of rotatable bonds is 6. The van der Waals surface area contributed by atoms with Crippen molar-refractivity contribution < 1.29 is 8.42 Å². The first-order valence-electron chi connectivity index (χ1n) is 5.62. The number of nitrogens with zero attached hydrogens (tertiary/aromatic N) is 2. The molecule has 6 nitrogen and oxygen atoms in total. The second kappa shape index (κ2) is 7.95. The molecular formula is C10H21IN4O2S. The van der Waals surface area contributed by atoms with Gasteiger partial charge in [-0.15, -0.1) is 30.6 Å². The molecule has 0 aliphatic carbocycles. The number of aliphatic imine (C=N–C) groups is 1. The highest BCUT2D eigenvalue weighted by Gasteiger charge is 2.34. The Labute approximate surface area is 126 Å². The third-order valence-corrected chi connectivity index (χ3v) is 4.44. The number of nitrogens with one attached hydrogen (secondary N) is 1. The molecule has 0 unspecified atom stereocenters. The van der Waals surface area contributed by atoms with Crippen molar-refractivity contribution in [2.24, 2.45) is 16.6 Å². The summed E-state index contributed by atoms with van der Waals surface area (Å²) in [6, 6.07) is 0. The van der Waals surface area contributed by atoms with Gasteiger partial charge in [0, 0.05) is 32.1 Å². The van der Waals surface area contributed by atoms with Gasteiger partial charge in [0.1, 0.15) is 0 Å². The Kier molecular flexibility index (Phi) is 7.79. The van der Waals surface area contributed by atoms with Crippen molar-refractivity contribution in [3.05, 3.63) is 12.7 Å². The van der Waals surface area contributed by atoms with Crippen LogP contribution in [0, 0.1) is 5.92 Å². The first-order valence-corrected chi connectivity index (χ1v) is 7.23. The molecule has 1 aliphatic rings. The van der Waals surface area contributed by atoms with E-state index in [0.717, 1.165) is 0 Å². The molecule has 8 heteroatoms. The molecule has 0 atom stereocenters. The van der Waals surface area contributed by atoms with Gasteiger partial charge in [-0.05, 0) is 6.92 Å². The molecule has 0 bridgehead atoms. The first-order chi connectivity index (χ1) is 7.99. The van der Waals surface area contributed by atoms with Crippen LogP contribution in [0.5, 0.6) is 0 Å². The number of sulfonamides is 1. The predicted molar refractivity (Wildman–Crippen MR) is 84.6 cm³/mol. The predicted octanol–water partition coefficient (Wildman–Crippen LogP) is -0.0238. The molecule has 3 N–H and O–H groups in total. The van der Waals surface area contributed by atoms with Crippen molar-refractivity contribution in [3.63, 3.8) is 0 Å². The second-order valence-electron chi connectivity index (χ2n) is 3.98. The van der Waals surface area contributed by atoms with Crippen LogP contribution in [0.15, 0.2) is 17.6 Å². The van der Waals surface area contributed by atoms with Crippen LogP contribution in [0.3, 0.4) is 0 Å². The number of hydrogen-bond donors (Lipinski definition) is 2. The van der Waals surface area contributed by atoms with Crippen LogP contribution in [0.2, 0.25) is 0 Å². The van der Waals surface area contributed by atoms with Gasteiger partial charge < -0.3 is 11.1 Å². The summed E-state index contributed by atoms with van der Waals surface area (Å²) in [4.78, 5) is 4.14. The van der Waals surface area contributed by atoms with Gasteiger partial charge in [0.15, 0.2) is 5.96 Å². The minimum atomic E-state index is -3.02. The van der Waals surface area contributed by atoms with Crippen molar-refractivity contribution in [2.75, 3.05) is 31.9 Å². The Morgan fingerprint density at radius 2 is 2.22 bits per heavy atom. The van der Waals surface area contributed by atoms with E-state index in [4.69, 9.17) is 5.73 Å². The highest BCUT2D eigenvalue weighted by molar-refractivity contribution is 14.0. The SMILES string of the molecule is C=CCNC(N)=NCC1CN(S(=O)(=O)CC)C1.I. The van der Waals surface area contributed by atoms with E-state index in [-0.39, 0.29) is 35.6 Å². The molecule has 0 aromatic carbocycles. The smallest absolute Gasteiger partial charge is 0.213 e. The van der Waals surface area contributed by atoms with E-state index in [2.05, 4.69) is 16.9 Å². The number of hydrogen-bond acceptors (Lipinski definition) is 3. The third-order valence-electron chi connectivity index (χ3n) is 2.63. The minimum absolute atomic E-state index is 0. The minimum Gasteiger partial charge on any atom is -0.370 e. The highest BCUT2D eigenvalue weighted by Crippen LogP contribution is 2.19. The van der Waals surface area contributed by atoms with Crippen molar-refractivity contribution in [1.82, 2.24) is 9.62 Å². The lowest BCUT2D eigenvalue weighted by atomic mass is 10.0. The normalized spacial score (nSPS) is 17.7. The first kappa shape index (κ1) is 17.6. The number of nitrogens with two attached hydrogens (primary N) is 1. The fourth-order valence-electron chi connectivity index (χ4n) is 1.51. The van der Waals surface area contributed by atoms with E-state index >= 15 is 0 Å². The van der Waals surface area contributed by atoms with Crippen molar-refractivity contribution >= 4 is 40.0 Å². The molecule has 1 fully saturated rings. The number of halogens is 1. The lowest BCUT2D eigenvalue weighted by Crippen LogP contribution is -2.51. The maximum atomic E-state index is 11.4. The average molecular weight is 388 g/mol. The van der Waals surface area contributed by atoms with Gasteiger partial charge >= 0.3 is 0 Å². The molecule has 18 heavy (non-hydrogen) atoms. The number of guanidine groups is 1. The summed E-state index contributed by atoms with van der Waals surface area (Å²) in [6.45, 7) is 7.45. The highest BCUT2D eigenvalue weighted by atomic mass is 127. The quantitative estimate of drug-likeness (QED) is 0.290. The van der Waals surface area contributed by atoms with E-state index in [9.17, 15) is 8.42 Å². The van der Waals surface area contributed by atoms with Crippen LogP contribution in [0.25, 0.3) is 0 Å². The Morgan fingerprint density at radius 3 is 2.72 bits per heavy atom. The van der Waals surface area contributed by atoms with E-state index in [1.807, 2.05) is 0 Å². The van der Waals surface area contributed by atoms with Crippen LogP contribution in [0.4, 0.5) is 0 Å². The van der Waals surface area contributed by atoms with Gasteiger partial charge in [0.05, 0.1) is 5.75 Å². The Morgan fingerprint density at radius 1 is 1.61 bits per heavy atom. The topological polar surface area (TPSA) is 87.8 Å². The fraction of sp³-hybridized carbons (Fsp3) is 0.700. The van der Waals surface area contributed by atoms with Crippen molar-refractivity contribution in [2.45, 2.75) is 6.92 Å². The zero-order valence-corrected chi connectivity index (χ0v) is 13.6. The molecule has 106 valence electrons. The summed E-state index contributed by atoms with van der Waals surface area (Å²) in [5.74, 6) is 0.813. The van der Waals surface area contributed by atoms with E-state index < -0.39 is 10.0 Å². The van der Waals surface area contributed by atoms with Gasteiger partial charge in [0.25, 0.3) is 0 Å². The summed E-state index contributed by atoms with van der Waals surface area (Å²) in [6.07, 6.45) is 1.70. The largest absolute Gasteiger partial charge is 0.370 e. The van der Waals surface area contributed by atoms with Crippen molar-refractivity contribution in [3.8, 4) is 0 Å². The van der Waals surface area contributed by atoms with Crippen LogP contribution >= 0.6 is 24.0 Å². The fourth-order valence-corrected chi connectivity index (χ4v) is 2.75. The molecule has 1 heterocycles. The van der Waals surface area contributed by atoms with Gasteiger partial charge in [0.2, 0.25) is 10.0 Å². The van der Waals surface area contributed by atoms with Crippen LogP contribution in [-0.4, -0.2) is 50.6 Å². The summed E-state index contributed by atoms with van der Waals surface area (Å²) in [7, 11) is -3.02. The standard InChI is InChI=1S/C10H20N4O2S.HI/c1-3-5-12-10(11)13-6-9-7-14(8-9)17(15,16)4-2;/h3,9H,1,4-8H2,2H3,(H3,11,12,13);1H. The van der Waals surface area contributed by atoms with Crippen LogP contribution in [-0.2, 0) is 10.0 Å². The third kappa shape index (κ3) is 5.11. The molecular weight excluding hydrogens is 367 g/mol. The Hall–Kier alpha value is -0.350. The molecule has 0 amide bonds. The molecule has 0 saturated carbocycles. The van der Waals surface area contributed by atoms with Crippen LogP contribution < -0.4 is 11.1 Å². The van der Waals surface area contributed by atoms with Gasteiger partial charge in [-0.3, -0.25) is 4.99 Å². The van der Waals surface area contributed by atoms with Gasteiger partial charge in [-0.1, -0.05) is 6.08 Å². The summed E-state index contributed by atoms with van der Waals surface area (Å²) < 4.78 is 24.4. The molecule has 0 radical (unpaired) electrons.